The van der Waals surface area contributed by atoms with E-state index in [2.05, 4.69) is 0 Å². The molecular weight excluding hydrogens is 234 g/mol. The third-order valence-corrected chi connectivity index (χ3v) is 2.70. The van der Waals surface area contributed by atoms with E-state index < -0.39 is 4.92 Å². The number of nitro groups is 1. The van der Waals surface area contributed by atoms with E-state index in [9.17, 15) is 14.9 Å². The van der Waals surface area contributed by atoms with Gasteiger partial charge in [-0.1, -0.05) is 0 Å². The predicted molar refractivity (Wildman–Crippen MR) is 69.4 cm³/mol. The quantitative estimate of drug-likeness (QED) is 0.503. The van der Waals surface area contributed by atoms with Gasteiger partial charge in [-0.25, -0.2) is 0 Å². The van der Waals surface area contributed by atoms with Crippen LogP contribution in [0.5, 0.6) is 0 Å². The number of anilines is 1. The number of nitrogen functional groups attached to an aromatic ring is 1. The average molecular weight is 251 g/mol. The van der Waals surface area contributed by atoms with Gasteiger partial charge in [0.1, 0.15) is 0 Å². The van der Waals surface area contributed by atoms with E-state index in [-0.39, 0.29) is 28.9 Å². The van der Waals surface area contributed by atoms with Crippen LogP contribution in [-0.2, 0) is 0 Å². The van der Waals surface area contributed by atoms with E-state index in [1.54, 1.807) is 4.90 Å². The molecule has 0 fully saturated rings. The maximum absolute atomic E-state index is 12.2. The monoisotopic (exact) mass is 251 g/mol. The lowest BCUT2D eigenvalue weighted by Gasteiger charge is -2.25. The zero-order valence-electron chi connectivity index (χ0n) is 10.7. The van der Waals surface area contributed by atoms with E-state index >= 15 is 0 Å². The molecule has 98 valence electrons. The first kappa shape index (κ1) is 14.0. The molecule has 2 N–H and O–H groups in total. The molecule has 0 saturated heterocycles. The van der Waals surface area contributed by atoms with Crippen LogP contribution in [0, 0.1) is 10.1 Å². The van der Waals surface area contributed by atoms with Crippen molar-refractivity contribution >= 4 is 17.3 Å². The summed E-state index contributed by atoms with van der Waals surface area (Å²) < 4.78 is 0. The number of non-ortho nitro benzene ring substituents is 1. The van der Waals surface area contributed by atoms with Crippen LogP contribution in [0.25, 0.3) is 0 Å². The Labute approximate surface area is 106 Å². The summed E-state index contributed by atoms with van der Waals surface area (Å²) in [6.45, 7) is 6.15. The third kappa shape index (κ3) is 2.77. The second-order valence-electron chi connectivity index (χ2n) is 4.21. The minimum absolute atomic E-state index is 0.0150. The number of rotatable bonds is 4. The highest BCUT2D eigenvalue weighted by atomic mass is 16.6. The Morgan fingerprint density at radius 3 is 2.56 bits per heavy atom. The largest absolute Gasteiger partial charge is 0.398 e. The van der Waals surface area contributed by atoms with Gasteiger partial charge in [-0.2, -0.15) is 0 Å². The molecule has 0 heterocycles. The second kappa shape index (κ2) is 5.48. The summed E-state index contributed by atoms with van der Waals surface area (Å²) in [6.07, 6.45) is 0. The topological polar surface area (TPSA) is 89.5 Å². The van der Waals surface area contributed by atoms with Gasteiger partial charge < -0.3 is 10.6 Å². The smallest absolute Gasteiger partial charge is 0.270 e. The molecule has 0 spiro atoms. The minimum Gasteiger partial charge on any atom is -0.398 e. The number of benzene rings is 1. The van der Waals surface area contributed by atoms with Gasteiger partial charge in [0.05, 0.1) is 10.5 Å². The van der Waals surface area contributed by atoms with Crippen LogP contribution in [0.4, 0.5) is 11.4 Å². The van der Waals surface area contributed by atoms with Crippen molar-refractivity contribution in [2.45, 2.75) is 26.8 Å². The molecule has 1 aromatic carbocycles. The van der Waals surface area contributed by atoms with E-state index in [1.165, 1.54) is 18.2 Å². The zero-order chi connectivity index (χ0) is 13.9. The average Bonchev–Trinajstić information content (AvgIpc) is 2.29. The fourth-order valence-corrected chi connectivity index (χ4v) is 1.74. The summed E-state index contributed by atoms with van der Waals surface area (Å²) in [5.41, 5.74) is 6.02. The van der Waals surface area contributed by atoms with Gasteiger partial charge in [0.15, 0.2) is 0 Å². The highest BCUT2D eigenvalue weighted by Crippen LogP contribution is 2.21. The minimum atomic E-state index is -0.540. The van der Waals surface area contributed by atoms with Crippen LogP contribution in [0.2, 0.25) is 0 Å². The van der Waals surface area contributed by atoms with Gasteiger partial charge in [-0.05, 0) is 26.8 Å². The van der Waals surface area contributed by atoms with Crippen molar-refractivity contribution in [2.24, 2.45) is 0 Å². The fraction of sp³-hybridized carbons (Fsp3) is 0.417. The Morgan fingerprint density at radius 1 is 1.50 bits per heavy atom. The molecule has 0 atom stereocenters. The number of carbonyl (C=O) groups excluding carboxylic acids is 1. The number of amides is 1. The number of hydrogen-bond acceptors (Lipinski definition) is 4. The molecule has 0 aliphatic carbocycles. The van der Waals surface area contributed by atoms with Gasteiger partial charge in [0.2, 0.25) is 0 Å². The molecule has 6 nitrogen and oxygen atoms in total. The van der Waals surface area contributed by atoms with Crippen molar-refractivity contribution in [1.82, 2.24) is 4.90 Å². The van der Waals surface area contributed by atoms with Crippen molar-refractivity contribution in [3.8, 4) is 0 Å². The van der Waals surface area contributed by atoms with Crippen LogP contribution in [0.3, 0.4) is 0 Å². The molecule has 0 aromatic heterocycles. The van der Waals surface area contributed by atoms with Crippen molar-refractivity contribution in [1.29, 1.82) is 0 Å². The molecule has 0 bridgehead atoms. The van der Waals surface area contributed by atoms with E-state index in [0.29, 0.717) is 6.54 Å². The highest BCUT2D eigenvalue weighted by Gasteiger charge is 2.21. The summed E-state index contributed by atoms with van der Waals surface area (Å²) in [7, 11) is 0. The third-order valence-electron chi connectivity index (χ3n) is 2.70. The molecule has 0 saturated carbocycles. The first-order valence-corrected chi connectivity index (χ1v) is 5.73. The molecule has 1 aromatic rings. The number of carbonyl (C=O) groups is 1. The Balaban J connectivity index is 3.19. The lowest BCUT2D eigenvalue weighted by molar-refractivity contribution is -0.384. The van der Waals surface area contributed by atoms with Crippen LogP contribution in [0.1, 0.15) is 31.1 Å². The Hall–Kier alpha value is -2.11. The molecule has 0 aliphatic rings. The SMILES string of the molecule is CCN(C(=O)c1cc([N+](=O)[O-])ccc1N)C(C)C. The summed E-state index contributed by atoms with van der Waals surface area (Å²) >= 11 is 0. The fourth-order valence-electron chi connectivity index (χ4n) is 1.74. The van der Waals surface area contributed by atoms with Gasteiger partial charge in [-0.3, -0.25) is 14.9 Å². The van der Waals surface area contributed by atoms with Crippen molar-refractivity contribution in [2.75, 3.05) is 12.3 Å². The Morgan fingerprint density at radius 2 is 2.11 bits per heavy atom. The highest BCUT2D eigenvalue weighted by molar-refractivity contribution is 5.99. The summed E-state index contributed by atoms with van der Waals surface area (Å²) in [4.78, 5) is 24.0. The maximum Gasteiger partial charge on any atom is 0.270 e. The van der Waals surface area contributed by atoms with Crippen LogP contribution in [-0.4, -0.2) is 28.3 Å². The summed E-state index contributed by atoms with van der Waals surface area (Å²) in [5.74, 6) is -0.284. The van der Waals surface area contributed by atoms with Gasteiger partial charge in [-0.15, -0.1) is 0 Å². The normalized spacial score (nSPS) is 10.4. The summed E-state index contributed by atoms with van der Waals surface area (Å²) in [5, 5.41) is 10.7. The lowest BCUT2D eigenvalue weighted by atomic mass is 10.1. The molecule has 1 rings (SSSR count). The Bertz CT molecular complexity index is 472. The standard InChI is InChI=1S/C12H17N3O3/c1-4-14(8(2)3)12(16)10-7-9(15(17)18)5-6-11(10)13/h5-8H,4,13H2,1-3H3. The van der Waals surface area contributed by atoms with Crippen LogP contribution < -0.4 is 5.73 Å². The molecule has 18 heavy (non-hydrogen) atoms. The number of nitrogens with two attached hydrogens (primary N) is 1. The lowest BCUT2D eigenvalue weighted by Crippen LogP contribution is -2.37. The van der Waals surface area contributed by atoms with Gasteiger partial charge >= 0.3 is 0 Å². The van der Waals surface area contributed by atoms with E-state index in [0.717, 1.165) is 0 Å². The van der Waals surface area contributed by atoms with Crippen LogP contribution in [0.15, 0.2) is 18.2 Å². The van der Waals surface area contributed by atoms with E-state index in [4.69, 9.17) is 5.73 Å². The molecule has 1 amide bonds. The maximum atomic E-state index is 12.2. The van der Waals surface area contributed by atoms with Gasteiger partial charge in [0.25, 0.3) is 11.6 Å². The first-order chi connectivity index (χ1) is 8.38. The van der Waals surface area contributed by atoms with Crippen LogP contribution >= 0.6 is 0 Å². The van der Waals surface area contributed by atoms with Gasteiger partial charge in [0, 0.05) is 30.4 Å². The summed E-state index contributed by atoms with van der Waals surface area (Å²) in [6, 6.07) is 3.92. The first-order valence-electron chi connectivity index (χ1n) is 5.73. The number of hydrogen-bond donors (Lipinski definition) is 1. The van der Waals surface area contributed by atoms with Crippen molar-refractivity contribution in [3.63, 3.8) is 0 Å². The number of nitrogens with zero attached hydrogens (tertiary/aromatic N) is 2. The molecule has 0 aliphatic heterocycles. The Kier molecular flexibility index (Phi) is 4.25. The number of nitro benzene ring substituents is 1. The zero-order valence-corrected chi connectivity index (χ0v) is 10.7. The molecule has 6 heteroatoms. The van der Waals surface area contributed by atoms with Crippen molar-refractivity contribution in [3.05, 3.63) is 33.9 Å². The molecule has 0 unspecified atom stereocenters. The van der Waals surface area contributed by atoms with Crippen molar-refractivity contribution < 1.29 is 9.72 Å². The van der Waals surface area contributed by atoms with E-state index in [1.807, 2.05) is 20.8 Å². The molecule has 0 radical (unpaired) electrons. The predicted octanol–water partition coefficient (Wildman–Crippen LogP) is 2.05. The molecular formula is C12H17N3O3. The second-order valence-corrected chi connectivity index (χ2v) is 4.21.